The van der Waals surface area contributed by atoms with Crippen LogP contribution in [-0.4, -0.2) is 42.9 Å². The lowest BCUT2D eigenvalue weighted by Gasteiger charge is -2.32. The highest BCUT2D eigenvalue weighted by Gasteiger charge is 2.34. The summed E-state index contributed by atoms with van der Waals surface area (Å²) in [6.07, 6.45) is 1.50. The minimum atomic E-state index is -3.62. The van der Waals surface area contributed by atoms with Gasteiger partial charge in [-0.1, -0.05) is 5.16 Å². The summed E-state index contributed by atoms with van der Waals surface area (Å²) >= 11 is 0. The van der Waals surface area contributed by atoms with E-state index in [0.29, 0.717) is 24.4 Å². The monoisotopic (exact) mass is 301 g/mol. The molecular formula is C12H19N3O4S. The number of carbonyl (C=O) groups excluding carboxylic acids is 1. The van der Waals surface area contributed by atoms with E-state index < -0.39 is 10.0 Å². The van der Waals surface area contributed by atoms with Crippen molar-refractivity contribution < 1.29 is 17.7 Å². The number of carbonyl (C=O) groups is 1. The van der Waals surface area contributed by atoms with Crippen molar-refractivity contribution >= 4 is 15.9 Å². The molecule has 0 bridgehead atoms. The lowest BCUT2D eigenvalue weighted by molar-refractivity contribution is -0.119. The molecule has 2 rings (SSSR count). The maximum Gasteiger partial charge on any atom is 0.248 e. The Labute approximate surface area is 118 Å². The normalized spacial score (nSPS) is 20.9. The van der Waals surface area contributed by atoms with Crippen molar-refractivity contribution in [2.45, 2.75) is 44.6 Å². The van der Waals surface area contributed by atoms with E-state index in [1.807, 2.05) is 0 Å². The van der Waals surface area contributed by atoms with Crippen molar-refractivity contribution in [3.8, 4) is 0 Å². The van der Waals surface area contributed by atoms with Gasteiger partial charge in [0.1, 0.15) is 10.6 Å². The highest BCUT2D eigenvalue weighted by molar-refractivity contribution is 7.89. The van der Waals surface area contributed by atoms with Gasteiger partial charge < -0.3 is 9.84 Å². The van der Waals surface area contributed by atoms with Gasteiger partial charge in [0.15, 0.2) is 5.76 Å². The van der Waals surface area contributed by atoms with E-state index in [0.717, 1.165) is 6.42 Å². The zero-order valence-electron chi connectivity index (χ0n) is 11.8. The van der Waals surface area contributed by atoms with Crippen LogP contribution in [-0.2, 0) is 14.8 Å². The van der Waals surface area contributed by atoms with Crippen LogP contribution in [0.1, 0.15) is 31.2 Å². The number of nitrogens with zero attached hydrogens (tertiary/aromatic N) is 2. The molecular weight excluding hydrogens is 282 g/mol. The third kappa shape index (κ3) is 2.85. The van der Waals surface area contributed by atoms with Gasteiger partial charge >= 0.3 is 0 Å². The molecule has 0 unspecified atom stereocenters. The first kappa shape index (κ1) is 15.0. The standard InChI is InChI=1S/C12H19N3O4S/c1-8-12(9(2)19-14-8)20(17,18)15-6-4-5-11(7-15)13-10(3)16/h11H,4-7H2,1-3H3,(H,13,16)/t11-/m1/s1. The highest BCUT2D eigenvalue weighted by atomic mass is 32.2. The highest BCUT2D eigenvalue weighted by Crippen LogP contribution is 2.25. The summed E-state index contributed by atoms with van der Waals surface area (Å²) < 4.78 is 31.6. The second kappa shape index (κ2) is 5.53. The van der Waals surface area contributed by atoms with E-state index in [-0.39, 0.29) is 23.4 Å². The van der Waals surface area contributed by atoms with Crippen molar-refractivity contribution in [3.63, 3.8) is 0 Å². The number of hydrogen-bond donors (Lipinski definition) is 1. The Morgan fingerprint density at radius 1 is 1.45 bits per heavy atom. The molecule has 112 valence electrons. The van der Waals surface area contributed by atoms with E-state index in [2.05, 4.69) is 10.5 Å². The second-order valence-corrected chi connectivity index (χ2v) is 6.93. The van der Waals surface area contributed by atoms with E-state index in [4.69, 9.17) is 4.52 Å². The molecule has 2 heterocycles. The predicted octanol–water partition coefficient (Wildman–Crippen LogP) is 0.581. The number of aromatic nitrogens is 1. The zero-order valence-corrected chi connectivity index (χ0v) is 12.7. The quantitative estimate of drug-likeness (QED) is 0.881. The molecule has 1 aromatic rings. The van der Waals surface area contributed by atoms with Crippen molar-refractivity contribution in [1.29, 1.82) is 0 Å². The maximum absolute atomic E-state index is 12.6. The summed E-state index contributed by atoms with van der Waals surface area (Å²) in [5.74, 6) is 0.149. The Morgan fingerprint density at radius 2 is 2.15 bits per heavy atom. The number of piperidine rings is 1. The molecule has 0 aliphatic carbocycles. The van der Waals surface area contributed by atoms with Crippen LogP contribution >= 0.6 is 0 Å². The minimum Gasteiger partial charge on any atom is -0.360 e. The lowest BCUT2D eigenvalue weighted by Crippen LogP contribution is -2.49. The van der Waals surface area contributed by atoms with Crippen LogP contribution in [0.5, 0.6) is 0 Å². The van der Waals surface area contributed by atoms with Gasteiger partial charge in [-0.25, -0.2) is 8.42 Å². The fraction of sp³-hybridized carbons (Fsp3) is 0.667. The van der Waals surface area contributed by atoms with Crippen molar-refractivity contribution in [1.82, 2.24) is 14.8 Å². The number of amides is 1. The van der Waals surface area contributed by atoms with Gasteiger partial charge in [0.25, 0.3) is 0 Å². The summed E-state index contributed by atoms with van der Waals surface area (Å²) in [6.45, 7) is 5.36. The number of rotatable bonds is 3. The Bertz CT molecular complexity index is 589. The molecule has 1 N–H and O–H groups in total. The molecule has 1 aliphatic rings. The average molecular weight is 301 g/mol. The SMILES string of the molecule is CC(=O)N[C@@H]1CCCN(S(=O)(=O)c2c(C)noc2C)C1. The smallest absolute Gasteiger partial charge is 0.248 e. The first-order valence-electron chi connectivity index (χ1n) is 6.52. The molecule has 8 heteroatoms. The van der Waals surface area contributed by atoms with Crippen molar-refractivity contribution in [2.24, 2.45) is 0 Å². The fourth-order valence-electron chi connectivity index (χ4n) is 2.54. The molecule has 1 saturated heterocycles. The largest absolute Gasteiger partial charge is 0.360 e. The summed E-state index contributed by atoms with van der Waals surface area (Å²) in [5, 5.41) is 6.47. The third-order valence-corrected chi connectivity index (χ3v) is 5.47. The second-order valence-electron chi connectivity index (χ2n) is 5.06. The molecule has 20 heavy (non-hydrogen) atoms. The van der Waals surface area contributed by atoms with Crippen molar-refractivity contribution in [2.75, 3.05) is 13.1 Å². The number of aryl methyl sites for hydroxylation is 2. The van der Waals surface area contributed by atoms with Crippen LogP contribution in [0, 0.1) is 13.8 Å². The molecule has 1 aliphatic heterocycles. The van der Waals surface area contributed by atoms with E-state index >= 15 is 0 Å². The van der Waals surface area contributed by atoms with Crippen LogP contribution in [0.2, 0.25) is 0 Å². The molecule has 0 aromatic carbocycles. The van der Waals surface area contributed by atoms with Crippen LogP contribution in [0.25, 0.3) is 0 Å². The lowest BCUT2D eigenvalue weighted by atomic mass is 10.1. The van der Waals surface area contributed by atoms with Crippen LogP contribution < -0.4 is 5.32 Å². The van der Waals surface area contributed by atoms with Crippen LogP contribution in [0.4, 0.5) is 0 Å². The molecule has 0 radical (unpaired) electrons. The van der Waals surface area contributed by atoms with Gasteiger partial charge in [-0.05, 0) is 26.7 Å². The summed E-state index contributed by atoms with van der Waals surface area (Å²) in [4.78, 5) is 11.2. The number of nitrogens with one attached hydrogen (secondary N) is 1. The Kier molecular flexibility index (Phi) is 4.14. The van der Waals surface area contributed by atoms with Gasteiger partial charge in [0.2, 0.25) is 15.9 Å². The summed E-state index contributed by atoms with van der Waals surface area (Å²) in [7, 11) is -3.62. The first-order chi connectivity index (χ1) is 9.32. The van der Waals surface area contributed by atoms with Gasteiger partial charge in [-0.15, -0.1) is 0 Å². The van der Waals surface area contributed by atoms with Gasteiger partial charge in [-0.2, -0.15) is 4.31 Å². The van der Waals surface area contributed by atoms with Crippen molar-refractivity contribution in [3.05, 3.63) is 11.5 Å². The minimum absolute atomic E-state index is 0.140. The van der Waals surface area contributed by atoms with E-state index in [1.54, 1.807) is 13.8 Å². The Balaban J connectivity index is 2.24. The maximum atomic E-state index is 12.6. The summed E-state index contributed by atoms with van der Waals surface area (Å²) in [5.41, 5.74) is 0.365. The molecule has 7 nitrogen and oxygen atoms in total. The molecule has 0 spiro atoms. The molecule has 0 saturated carbocycles. The molecule has 1 atom stereocenters. The van der Waals surface area contributed by atoms with E-state index in [1.165, 1.54) is 11.2 Å². The Morgan fingerprint density at radius 3 is 2.70 bits per heavy atom. The fourth-order valence-corrected chi connectivity index (χ4v) is 4.35. The number of sulfonamides is 1. The van der Waals surface area contributed by atoms with E-state index in [9.17, 15) is 13.2 Å². The third-order valence-electron chi connectivity index (χ3n) is 3.36. The average Bonchev–Trinajstić information content (AvgIpc) is 2.69. The van der Waals surface area contributed by atoms with Gasteiger partial charge in [0.05, 0.1) is 0 Å². The molecule has 1 aromatic heterocycles. The molecule has 1 amide bonds. The molecule has 1 fully saturated rings. The Hall–Kier alpha value is -1.41. The predicted molar refractivity (Wildman–Crippen MR) is 71.6 cm³/mol. The van der Waals surface area contributed by atoms with Crippen LogP contribution in [0.3, 0.4) is 0 Å². The first-order valence-corrected chi connectivity index (χ1v) is 7.96. The topological polar surface area (TPSA) is 92.5 Å². The van der Waals surface area contributed by atoms with Crippen LogP contribution in [0.15, 0.2) is 9.42 Å². The zero-order chi connectivity index (χ0) is 14.9. The van der Waals surface area contributed by atoms with Gasteiger partial charge in [-0.3, -0.25) is 4.79 Å². The number of hydrogen-bond acceptors (Lipinski definition) is 5. The summed E-state index contributed by atoms with van der Waals surface area (Å²) in [6, 6.07) is -0.142. The van der Waals surface area contributed by atoms with Gasteiger partial charge in [0, 0.05) is 26.1 Å².